The molecule has 20 heavy (non-hydrogen) atoms. The smallest absolute Gasteiger partial charge is 0.405 e. The van der Waals surface area contributed by atoms with Gasteiger partial charge in [0.15, 0.2) is 22.7 Å². The van der Waals surface area contributed by atoms with Crippen LogP contribution in [-0.2, 0) is 11.8 Å². The van der Waals surface area contributed by atoms with E-state index in [1.165, 1.54) is 0 Å². The molecule has 0 radical (unpaired) electrons. The van der Waals surface area contributed by atoms with Gasteiger partial charge in [-0.05, 0) is 27.4 Å². The Morgan fingerprint density at radius 1 is 1.35 bits per heavy atom. The summed E-state index contributed by atoms with van der Waals surface area (Å²) in [6, 6.07) is 3.79. The maximum Gasteiger partial charge on any atom is 0.405 e. The highest BCUT2D eigenvalue weighted by molar-refractivity contribution is 9.09. The Morgan fingerprint density at radius 2 is 2.10 bits per heavy atom. The number of esters is 1. The van der Waals surface area contributed by atoms with E-state index in [4.69, 9.17) is 14.2 Å². The van der Waals surface area contributed by atoms with Crippen LogP contribution in [-0.4, -0.2) is 20.2 Å². The van der Waals surface area contributed by atoms with Crippen molar-refractivity contribution in [2.45, 2.75) is 5.01 Å². The summed E-state index contributed by atoms with van der Waals surface area (Å²) < 4.78 is 17.9. The Balaban J connectivity index is 2.53. The van der Waals surface area contributed by atoms with Crippen LogP contribution in [0, 0.1) is 0 Å². The topological polar surface area (TPSA) is 48.6 Å². The second-order valence-electron chi connectivity index (χ2n) is 4.49. The number of carbonyl (C=O) groups excluding carboxylic acids is 1. The number of hydrogen-bond acceptors (Lipinski definition) is 4. The molecule has 0 bridgehead atoms. The zero-order chi connectivity index (χ0) is 14.4. The SMILES string of the molecule is COc1cc2cc[n+](C)c3c2c(c1OC)C(Br)OC3=O. The predicted molar refractivity (Wildman–Crippen MR) is 75.3 cm³/mol. The van der Waals surface area contributed by atoms with Gasteiger partial charge in [0, 0.05) is 6.07 Å². The van der Waals surface area contributed by atoms with Crippen molar-refractivity contribution < 1.29 is 23.6 Å². The van der Waals surface area contributed by atoms with Gasteiger partial charge in [0.2, 0.25) is 0 Å². The number of methoxy groups -OCH3 is 2. The third-order valence-corrected chi connectivity index (χ3v) is 4.08. The first-order valence-corrected chi connectivity index (χ1v) is 6.92. The molecule has 1 aromatic carbocycles. The van der Waals surface area contributed by atoms with Gasteiger partial charge in [-0.2, -0.15) is 4.57 Å². The monoisotopic (exact) mass is 338 g/mol. The number of nitrogens with zero attached hydrogens (tertiary/aromatic N) is 1. The first-order valence-electron chi connectivity index (χ1n) is 6.00. The van der Waals surface area contributed by atoms with E-state index in [1.807, 2.05) is 25.4 Å². The average molecular weight is 339 g/mol. The molecule has 0 aliphatic carbocycles. The molecule has 5 nitrogen and oxygen atoms in total. The molecule has 6 heteroatoms. The zero-order valence-electron chi connectivity index (χ0n) is 11.3. The molecule has 1 aromatic heterocycles. The Morgan fingerprint density at radius 3 is 2.75 bits per heavy atom. The van der Waals surface area contributed by atoms with Crippen molar-refractivity contribution in [1.82, 2.24) is 0 Å². The Bertz CT molecular complexity index is 729. The van der Waals surface area contributed by atoms with E-state index < -0.39 is 5.01 Å². The van der Waals surface area contributed by atoms with Crippen molar-refractivity contribution in [1.29, 1.82) is 0 Å². The minimum absolute atomic E-state index is 0.361. The van der Waals surface area contributed by atoms with Gasteiger partial charge in [0.25, 0.3) is 5.69 Å². The van der Waals surface area contributed by atoms with Crippen LogP contribution < -0.4 is 14.0 Å². The third kappa shape index (κ3) is 1.67. The summed E-state index contributed by atoms with van der Waals surface area (Å²) in [4.78, 5) is 12.1. The maximum absolute atomic E-state index is 12.1. The van der Waals surface area contributed by atoms with Crippen molar-refractivity contribution in [3.8, 4) is 11.5 Å². The van der Waals surface area contributed by atoms with Gasteiger partial charge in [-0.15, -0.1) is 0 Å². The predicted octanol–water partition coefficient (Wildman–Crippen LogP) is 2.25. The molecular formula is C14H13BrNO4+. The molecule has 104 valence electrons. The molecule has 1 aliphatic rings. The Labute approximate surface area is 124 Å². The van der Waals surface area contributed by atoms with Gasteiger partial charge in [0.05, 0.1) is 25.2 Å². The highest BCUT2D eigenvalue weighted by Crippen LogP contribution is 2.47. The van der Waals surface area contributed by atoms with Crippen molar-refractivity contribution in [3.63, 3.8) is 0 Å². The highest BCUT2D eigenvalue weighted by Gasteiger charge is 2.37. The minimum Gasteiger partial charge on any atom is -0.493 e. The molecule has 1 atom stereocenters. The lowest BCUT2D eigenvalue weighted by Crippen LogP contribution is -2.38. The number of alkyl halides is 1. The first kappa shape index (κ1) is 13.2. The lowest BCUT2D eigenvalue weighted by atomic mass is 9.99. The molecule has 3 rings (SSSR count). The van der Waals surface area contributed by atoms with E-state index in [-0.39, 0.29) is 5.97 Å². The lowest BCUT2D eigenvalue weighted by Gasteiger charge is -2.23. The molecule has 0 amide bonds. The summed E-state index contributed by atoms with van der Waals surface area (Å²) >= 11 is 3.38. The lowest BCUT2D eigenvalue weighted by molar-refractivity contribution is -0.672. The molecule has 0 saturated heterocycles. The van der Waals surface area contributed by atoms with E-state index in [1.54, 1.807) is 18.8 Å². The van der Waals surface area contributed by atoms with Crippen molar-refractivity contribution >= 4 is 32.7 Å². The number of aromatic nitrogens is 1. The summed E-state index contributed by atoms with van der Waals surface area (Å²) in [6.07, 6.45) is 1.82. The van der Waals surface area contributed by atoms with Gasteiger partial charge in [-0.1, -0.05) is 0 Å². The van der Waals surface area contributed by atoms with E-state index >= 15 is 0 Å². The zero-order valence-corrected chi connectivity index (χ0v) is 12.9. The van der Waals surface area contributed by atoms with Gasteiger partial charge in [0.1, 0.15) is 7.05 Å². The molecule has 2 aromatic rings. The Hall–Kier alpha value is -1.82. The number of aryl methyl sites for hydroxylation is 1. The van der Waals surface area contributed by atoms with Gasteiger partial charge >= 0.3 is 5.97 Å². The molecule has 0 fully saturated rings. The second kappa shape index (κ2) is 4.63. The summed E-state index contributed by atoms with van der Waals surface area (Å²) in [5, 5.41) is 1.18. The van der Waals surface area contributed by atoms with Crippen molar-refractivity contribution in [3.05, 3.63) is 29.6 Å². The molecule has 0 saturated carbocycles. The van der Waals surface area contributed by atoms with Crippen molar-refractivity contribution in [2.24, 2.45) is 7.05 Å². The number of pyridine rings is 1. The third-order valence-electron chi connectivity index (χ3n) is 3.44. The summed E-state index contributed by atoms with van der Waals surface area (Å²) in [6.45, 7) is 0. The fourth-order valence-corrected chi connectivity index (χ4v) is 3.16. The van der Waals surface area contributed by atoms with Crippen LogP contribution in [0.2, 0.25) is 0 Å². The first-order chi connectivity index (χ1) is 9.58. The number of halogens is 1. The summed E-state index contributed by atoms with van der Waals surface area (Å²) in [5.74, 6) is 0.818. The fraction of sp³-hybridized carbons (Fsp3) is 0.286. The Kier molecular flexibility index (Phi) is 3.05. The standard InChI is InChI=1S/C14H13BrNO4/c1-16-5-4-7-6-8(18-2)12(19-3)10-9(7)11(16)14(17)20-13(10)15/h4-6,13H,1-3H3/q+1. The minimum atomic E-state index is -0.558. The molecule has 0 spiro atoms. The van der Waals surface area contributed by atoms with Gasteiger partial charge in [-0.3, -0.25) is 0 Å². The number of cyclic esters (lactones) is 1. The van der Waals surface area contributed by atoms with Crippen molar-refractivity contribution in [2.75, 3.05) is 14.2 Å². The van der Waals surface area contributed by atoms with E-state index in [2.05, 4.69) is 15.9 Å². The number of hydrogen-bond donors (Lipinski definition) is 0. The molecule has 1 aliphatic heterocycles. The molecule has 0 N–H and O–H groups in total. The van der Waals surface area contributed by atoms with Gasteiger partial charge < -0.3 is 14.2 Å². The summed E-state index contributed by atoms with van der Waals surface area (Å²) in [5.41, 5.74) is 1.28. The van der Waals surface area contributed by atoms with Crippen LogP contribution in [0.5, 0.6) is 11.5 Å². The van der Waals surface area contributed by atoms with Crippen LogP contribution >= 0.6 is 15.9 Å². The average Bonchev–Trinajstić information content (AvgIpc) is 2.43. The quantitative estimate of drug-likeness (QED) is 0.478. The largest absolute Gasteiger partial charge is 0.493 e. The van der Waals surface area contributed by atoms with Crippen LogP contribution in [0.1, 0.15) is 21.1 Å². The number of ether oxygens (including phenoxy) is 3. The highest BCUT2D eigenvalue weighted by atomic mass is 79.9. The van der Waals surface area contributed by atoms with Crippen LogP contribution in [0.3, 0.4) is 0 Å². The van der Waals surface area contributed by atoms with E-state index in [9.17, 15) is 4.79 Å². The summed E-state index contributed by atoms with van der Waals surface area (Å²) in [7, 11) is 4.96. The fourth-order valence-electron chi connectivity index (χ4n) is 2.55. The van der Waals surface area contributed by atoms with Crippen LogP contribution in [0.25, 0.3) is 10.8 Å². The van der Waals surface area contributed by atoms with Crippen LogP contribution in [0.15, 0.2) is 18.3 Å². The number of carbonyl (C=O) groups is 1. The molecular weight excluding hydrogens is 326 g/mol. The second-order valence-corrected chi connectivity index (χ2v) is 5.32. The molecule has 2 heterocycles. The van der Waals surface area contributed by atoms with E-state index in [0.717, 1.165) is 16.3 Å². The van der Waals surface area contributed by atoms with Gasteiger partial charge in [-0.25, -0.2) is 4.79 Å². The number of benzene rings is 1. The molecule has 1 unspecified atom stereocenters. The number of rotatable bonds is 2. The van der Waals surface area contributed by atoms with Crippen LogP contribution in [0.4, 0.5) is 0 Å². The maximum atomic E-state index is 12.1. The van der Waals surface area contributed by atoms with E-state index in [0.29, 0.717) is 17.2 Å². The normalized spacial score (nSPS) is 17.0.